The molecule has 7 heteroatoms. The highest BCUT2D eigenvalue weighted by atomic mass is 32.2. The summed E-state index contributed by atoms with van der Waals surface area (Å²) in [5.74, 6) is -0.521. The molecule has 0 aromatic carbocycles. The first-order valence-electron chi connectivity index (χ1n) is 5.17. The van der Waals surface area contributed by atoms with Gasteiger partial charge in [-0.05, 0) is 12.1 Å². The van der Waals surface area contributed by atoms with Gasteiger partial charge in [0.05, 0.1) is 17.6 Å². The number of hydrogen-bond acceptors (Lipinski definition) is 5. The Bertz CT molecular complexity index is 582. The highest BCUT2D eigenvalue weighted by Crippen LogP contribution is 2.26. The first kappa shape index (κ1) is 12.4. The van der Waals surface area contributed by atoms with Crippen molar-refractivity contribution in [2.75, 3.05) is 5.73 Å². The molecule has 0 fully saturated rings. The summed E-state index contributed by atoms with van der Waals surface area (Å²) in [6.45, 7) is 0. The second-order valence-electron chi connectivity index (χ2n) is 3.62. The molecule has 0 radical (unpaired) electrons. The number of aromatic nitrogens is 3. The summed E-state index contributed by atoms with van der Waals surface area (Å²) in [4.78, 5) is 15.2. The SMILES string of the molecule is Cn1ncc(C(=O)O)c1CSc1ncccc1N. The molecular formula is C11H12N4O2S. The van der Waals surface area contributed by atoms with Crippen LogP contribution in [0.25, 0.3) is 0 Å². The summed E-state index contributed by atoms with van der Waals surface area (Å²) >= 11 is 1.39. The predicted molar refractivity (Wildman–Crippen MR) is 68.4 cm³/mol. The average molecular weight is 264 g/mol. The van der Waals surface area contributed by atoms with E-state index in [1.807, 2.05) is 0 Å². The number of thioether (sulfide) groups is 1. The van der Waals surface area contributed by atoms with Gasteiger partial charge in [-0.2, -0.15) is 5.10 Å². The van der Waals surface area contributed by atoms with Crippen LogP contribution in [0, 0.1) is 0 Å². The van der Waals surface area contributed by atoms with Crippen LogP contribution in [0.2, 0.25) is 0 Å². The summed E-state index contributed by atoms with van der Waals surface area (Å²) < 4.78 is 1.55. The fourth-order valence-corrected chi connectivity index (χ4v) is 2.46. The number of hydrogen-bond donors (Lipinski definition) is 2. The quantitative estimate of drug-likeness (QED) is 0.810. The minimum atomic E-state index is -0.979. The normalized spacial score (nSPS) is 10.5. The molecule has 18 heavy (non-hydrogen) atoms. The Balaban J connectivity index is 2.18. The van der Waals surface area contributed by atoms with Crippen molar-refractivity contribution in [1.82, 2.24) is 14.8 Å². The van der Waals surface area contributed by atoms with Gasteiger partial charge in [0, 0.05) is 19.0 Å². The second kappa shape index (κ2) is 5.09. The minimum absolute atomic E-state index is 0.208. The average Bonchev–Trinajstić information content (AvgIpc) is 2.70. The van der Waals surface area contributed by atoms with E-state index in [0.717, 1.165) is 0 Å². The number of aromatic carboxylic acids is 1. The number of rotatable bonds is 4. The van der Waals surface area contributed by atoms with Gasteiger partial charge < -0.3 is 10.8 Å². The fraction of sp³-hybridized carbons (Fsp3) is 0.182. The zero-order chi connectivity index (χ0) is 13.1. The van der Waals surface area contributed by atoms with Crippen LogP contribution in [0.3, 0.4) is 0 Å². The van der Waals surface area contributed by atoms with E-state index >= 15 is 0 Å². The molecule has 0 aliphatic rings. The van der Waals surface area contributed by atoms with E-state index < -0.39 is 5.97 Å². The largest absolute Gasteiger partial charge is 0.478 e. The van der Waals surface area contributed by atoms with Gasteiger partial charge in [-0.3, -0.25) is 4.68 Å². The van der Waals surface area contributed by atoms with Gasteiger partial charge in [-0.25, -0.2) is 9.78 Å². The molecule has 2 heterocycles. The highest BCUT2D eigenvalue weighted by molar-refractivity contribution is 7.98. The summed E-state index contributed by atoms with van der Waals surface area (Å²) in [6, 6.07) is 3.52. The Kier molecular flexibility index (Phi) is 3.52. The smallest absolute Gasteiger partial charge is 0.339 e. The number of carboxylic acids is 1. The van der Waals surface area contributed by atoms with Crippen LogP contribution in [0.15, 0.2) is 29.6 Å². The molecule has 2 aromatic heterocycles. The Morgan fingerprint density at radius 3 is 3.06 bits per heavy atom. The molecule has 0 atom stereocenters. The van der Waals surface area contributed by atoms with Gasteiger partial charge in [0.25, 0.3) is 0 Å². The van der Waals surface area contributed by atoms with Crippen molar-refractivity contribution in [3.05, 3.63) is 35.8 Å². The van der Waals surface area contributed by atoms with Crippen molar-refractivity contribution >= 4 is 23.4 Å². The summed E-state index contributed by atoms with van der Waals surface area (Å²) in [7, 11) is 1.71. The van der Waals surface area contributed by atoms with Crippen LogP contribution in [-0.2, 0) is 12.8 Å². The van der Waals surface area contributed by atoms with Gasteiger partial charge in [0.15, 0.2) is 0 Å². The lowest BCUT2D eigenvalue weighted by molar-refractivity contribution is 0.0696. The van der Waals surface area contributed by atoms with Gasteiger partial charge in [0.2, 0.25) is 0 Å². The lowest BCUT2D eigenvalue weighted by atomic mass is 10.3. The van der Waals surface area contributed by atoms with Gasteiger partial charge in [-0.15, -0.1) is 0 Å². The van der Waals surface area contributed by atoms with Crippen molar-refractivity contribution in [2.45, 2.75) is 10.8 Å². The summed E-state index contributed by atoms with van der Waals surface area (Å²) in [5.41, 5.74) is 7.20. The third-order valence-electron chi connectivity index (χ3n) is 2.44. The zero-order valence-corrected chi connectivity index (χ0v) is 10.5. The van der Waals surface area contributed by atoms with Crippen molar-refractivity contribution < 1.29 is 9.90 Å². The number of nitrogens with two attached hydrogens (primary N) is 1. The van der Waals surface area contributed by atoms with Gasteiger partial charge >= 0.3 is 5.97 Å². The Hall–Kier alpha value is -2.02. The third kappa shape index (κ3) is 2.45. The number of carbonyl (C=O) groups is 1. The number of nitrogen functional groups attached to an aromatic ring is 1. The van der Waals surface area contributed by atoms with E-state index in [9.17, 15) is 4.79 Å². The van der Waals surface area contributed by atoms with Crippen LogP contribution < -0.4 is 5.73 Å². The maximum Gasteiger partial charge on any atom is 0.339 e. The van der Waals surface area contributed by atoms with Crippen molar-refractivity contribution in [3.8, 4) is 0 Å². The fourth-order valence-electron chi connectivity index (χ4n) is 1.47. The van der Waals surface area contributed by atoms with Crippen molar-refractivity contribution in [1.29, 1.82) is 0 Å². The van der Waals surface area contributed by atoms with E-state index in [4.69, 9.17) is 10.8 Å². The molecule has 3 N–H and O–H groups in total. The molecule has 2 rings (SSSR count). The predicted octanol–water partition coefficient (Wildman–Crippen LogP) is 1.39. The van der Waals surface area contributed by atoms with Gasteiger partial charge in [0.1, 0.15) is 10.6 Å². The van der Waals surface area contributed by atoms with Crippen LogP contribution in [0.5, 0.6) is 0 Å². The third-order valence-corrected chi connectivity index (χ3v) is 3.47. The standard InChI is InChI=1S/C11H12N4O2S/c1-15-9(7(5-14-15)11(16)17)6-18-10-8(12)3-2-4-13-10/h2-5H,6,12H2,1H3,(H,16,17). The van der Waals surface area contributed by atoms with E-state index in [1.165, 1.54) is 18.0 Å². The minimum Gasteiger partial charge on any atom is -0.478 e. The topological polar surface area (TPSA) is 94.0 Å². The maximum atomic E-state index is 11.0. The molecule has 0 saturated carbocycles. The second-order valence-corrected chi connectivity index (χ2v) is 4.58. The summed E-state index contributed by atoms with van der Waals surface area (Å²) in [6.07, 6.45) is 3.00. The molecule has 0 aliphatic heterocycles. The molecular weight excluding hydrogens is 252 g/mol. The molecule has 0 aliphatic carbocycles. The summed E-state index contributed by atoms with van der Waals surface area (Å²) in [5, 5.41) is 13.7. The first-order valence-corrected chi connectivity index (χ1v) is 6.15. The first-order chi connectivity index (χ1) is 8.59. The van der Waals surface area contributed by atoms with E-state index in [0.29, 0.717) is 22.2 Å². The number of nitrogens with zero attached hydrogens (tertiary/aromatic N) is 3. The van der Waals surface area contributed by atoms with Crippen LogP contribution >= 0.6 is 11.8 Å². The van der Waals surface area contributed by atoms with Crippen molar-refractivity contribution in [2.24, 2.45) is 7.05 Å². The van der Waals surface area contributed by atoms with Crippen LogP contribution in [0.1, 0.15) is 16.1 Å². The monoisotopic (exact) mass is 264 g/mol. The number of carboxylic acid groups (broad SMARTS) is 1. The Morgan fingerprint density at radius 2 is 2.39 bits per heavy atom. The lowest BCUT2D eigenvalue weighted by Crippen LogP contribution is -2.04. The molecule has 0 bridgehead atoms. The maximum absolute atomic E-state index is 11.0. The molecule has 6 nitrogen and oxygen atoms in total. The van der Waals surface area contributed by atoms with E-state index in [1.54, 1.807) is 30.1 Å². The van der Waals surface area contributed by atoms with Crippen LogP contribution in [-0.4, -0.2) is 25.8 Å². The molecule has 0 unspecified atom stereocenters. The molecule has 0 spiro atoms. The van der Waals surface area contributed by atoms with E-state index in [-0.39, 0.29) is 5.56 Å². The zero-order valence-electron chi connectivity index (χ0n) is 9.70. The highest BCUT2D eigenvalue weighted by Gasteiger charge is 2.15. The number of anilines is 1. The Morgan fingerprint density at radius 1 is 1.61 bits per heavy atom. The van der Waals surface area contributed by atoms with Gasteiger partial charge in [-0.1, -0.05) is 11.8 Å². The van der Waals surface area contributed by atoms with Crippen molar-refractivity contribution in [3.63, 3.8) is 0 Å². The molecule has 2 aromatic rings. The molecule has 0 saturated heterocycles. The molecule has 0 amide bonds. The van der Waals surface area contributed by atoms with E-state index in [2.05, 4.69) is 10.1 Å². The Labute approximate surface area is 108 Å². The number of aryl methyl sites for hydroxylation is 1. The van der Waals surface area contributed by atoms with Crippen LogP contribution in [0.4, 0.5) is 5.69 Å². The lowest BCUT2D eigenvalue weighted by Gasteiger charge is -2.05. The number of pyridine rings is 1. The molecule has 94 valence electrons.